The normalized spacial score (nSPS) is 23.4. The monoisotopic (exact) mass is 211 g/mol. The van der Waals surface area contributed by atoms with Gasteiger partial charge in [0.2, 0.25) is 0 Å². The molecule has 1 aliphatic heterocycles. The van der Waals surface area contributed by atoms with Crippen molar-refractivity contribution >= 4 is 5.82 Å². The SMILES string of the molecule is Cn1nccc1N1OC(C)(C)C(C)(C)O1. The fourth-order valence-corrected chi connectivity index (χ4v) is 1.29. The number of anilines is 1. The van der Waals surface area contributed by atoms with Crippen LogP contribution in [0, 0.1) is 0 Å². The Bertz CT molecular complexity index is 354. The van der Waals surface area contributed by atoms with Gasteiger partial charge in [-0.05, 0) is 27.7 Å². The van der Waals surface area contributed by atoms with Crippen LogP contribution in [0.15, 0.2) is 12.3 Å². The highest BCUT2D eigenvalue weighted by molar-refractivity contribution is 5.33. The molecule has 1 aliphatic rings. The molecular weight excluding hydrogens is 194 g/mol. The zero-order chi connectivity index (χ0) is 11.3. The van der Waals surface area contributed by atoms with E-state index in [4.69, 9.17) is 9.68 Å². The van der Waals surface area contributed by atoms with Crippen molar-refractivity contribution in [1.82, 2.24) is 9.78 Å². The van der Waals surface area contributed by atoms with Gasteiger partial charge in [0, 0.05) is 13.1 Å². The van der Waals surface area contributed by atoms with E-state index in [0.29, 0.717) is 0 Å². The van der Waals surface area contributed by atoms with Crippen LogP contribution in [-0.4, -0.2) is 21.0 Å². The third-order valence-electron chi connectivity index (χ3n) is 3.05. The van der Waals surface area contributed by atoms with Gasteiger partial charge in [0.15, 0.2) is 5.82 Å². The summed E-state index contributed by atoms with van der Waals surface area (Å²) >= 11 is 0. The molecule has 5 heteroatoms. The molecule has 0 saturated carbocycles. The molecule has 0 radical (unpaired) electrons. The molecule has 15 heavy (non-hydrogen) atoms. The van der Waals surface area contributed by atoms with Crippen molar-refractivity contribution < 1.29 is 9.68 Å². The number of aromatic nitrogens is 2. The van der Waals surface area contributed by atoms with Crippen LogP contribution in [0.3, 0.4) is 0 Å². The highest BCUT2D eigenvalue weighted by Gasteiger charge is 2.50. The first-order valence-electron chi connectivity index (χ1n) is 5.00. The van der Waals surface area contributed by atoms with Crippen LogP contribution in [0.25, 0.3) is 0 Å². The molecule has 0 bridgehead atoms. The van der Waals surface area contributed by atoms with Gasteiger partial charge in [0.05, 0.1) is 6.20 Å². The summed E-state index contributed by atoms with van der Waals surface area (Å²) < 4.78 is 1.71. The zero-order valence-electron chi connectivity index (χ0n) is 9.81. The van der Waals surface area contributed by atoms with E-state index in [-0.39, 0.29) is 11.2 Å². The zero-order valence-corrected chi connectivity index (χ0v) is 9.81. The Kier molecular flexibility index (Phi) is 2.06. The molecule has 1 aromatic heterocycles. The van der Waals surface area contributed by atoms with E-state index in [2.05, 4.69) is 5.10 Å². The van der Waals surface area contributed by atoms with E-state index in [0.717, 1.165) is 5.82 Å². The van der Waals surface area contributed by atoms with Gasteiger partial charge in [0.1, 0.15) is 11.2 Å². The molecule has 1 aromatic rings. The lowest BCUT2D eigenvalue weighted by molar-refractivity contribution is -0.0306. The van der Waals surface area contributed by atoms with Crippen LogP contribution in [0.4, 0.5) is 5.82 Å². The summed E-state index contributed by atoms with van der Waals surface area (Å²) in [6.45, 7) is 8.01. The van der Waals surface area contributed by atoms with E-state index in [1.165, 1.54) is 5.23 Å². The number of hydrogen-bond acceptors (Lipinski definition) is 4. The summed E-state index contributed by atoms with van der Waals surface area (Å²) in [7, 11) is 1.85. The Labute approximate surface area is 89.5 Å². The molecular formula is C10H17N3O2. The minimum atomic E-state index is -0.364. The predicted octanol–water partition coefficient (Wildman–Crippen LogP) is 1.66. The highest BCUT2D eigenvalue weighted by Crippen LogP contribution is 2.39. The minimum absolute atomic E-state index is 0.364. The molecule has 2 rings (SSSR count). The maximum absolute atomic E-state index is 5.74. The van der Waals surface area contributed by atoms with Gasteiger partial charge < -0.3 is 0 Å². The van der Waals surface area contributed by atoms with Gasteiger partial charge >= 0.3 is 0 Å². The first-order valence-corrected chi connectivity index (χ1v) is 5.00. The van der Waals surface area contributed by atoms with Crippen LogP contribution < -0.4 is 5.23 Å². The second kappa shape index (κ2) is 2.96. The van der Waals surface area contributed by atoms with Crippen LogP contribution >= 0.6 is 0 Å². The summed E-state index contributed by atoms with van der Waals surface area (Å²) in [5, 5.41) is 5.51. The van der Waals surface area contributed by atoms with Crippen molar-refractivity contribution in [3.8, 4) is 0 Å². The summed E-state index contributed by atoms with van der Waals surface area (Å²) in [6.07, 6.45) is 1.71. The number of hydrogen-bond donors (Lipinski definition) is 0. The van der Waals surface area contributed by atoms with Gasteiger partial charge in [-0.25, -0.2) is 14.4 Å². The average Bonchev–Trinajstić information content (AvgIpc) is 2.55. The van der Waals surface area contributed by atoms with Gasteiger partial charge in [-0.2, -0.15) is 5.10 Å². The first-order chi connectivity index (χ1) is 6.83. The van der Waals surface area contributed by atoms with E-state index >= 15 is 0 Å². The van der Waals surface area contributed by atoms with Gasteiger partial charge in [-0.15, -0.1) is 5.23 Å². The Balaban J connectivity index is 2.27. The van der Waals surface area contributed by atoms with Crippen LogP contribution in [0.2, 0.25) is 0 Å². The Morgan fingerprint density at radius 2 is 1.67 bits per heavy atom. The molecule has 0 aromatic carbocycles. The fraction of sp³-hybridized carbons (Fsp3) is 0.700. The van der Waals surface area contributed by atoms with Gasteiger partial charge in [0.25, 0.3) is 0 Å². The van der Waals surface area contributed by atoms with E-state index < -0.39 is 0 Å². The van der Waals surface area contributed by atoms with Crippen molar-refractivity contribution in [3.05, 3.63) is 12.3 Å². The van der Waals surface area contributed by atoms with E-state index in [1.807, 2.05) is 40.8 Å². The lowest BCUT2D eigenvalue weighted by Gasteiger charge is -2.26. The minimum Gasteiger partial charge on any atom is -0.249 e. The maximum atomic E-state index is 5.74. The largest absolute Gasteiger partial charge is 0.249 e. The number of nitrogens with zero attached hydrogens (tertiary/aromatic N) is 3. The summed E-state index contributed by atoms with van der Waals surface area (Å²) in [5.41, 5.74) is -0.728. The van der Waals surface area contributed by atoms with Crippen LogP contribution in [0.1, 0.15) is 27.7 Å². The standard InChI is InChI=1S/C10H17N3O2/c1-9(2)10(3,4)15-13(14-9)8-6-7-11-12(8)5/h6-7H,1-5H3. The molecule has 1 fully saturated rings. The summed E-state index contributed by atoms with van der Waals surface area (Å²) in [4.78, 5) is 11.5. The van der Waals surface area contributed by atoms with Crippen molar-refractivity contribution in [3.63, 3.8) is 0 Å². The topological polar surface area (TPSA) is 39.5 Å². The summed E-state index contributed by atoms with van der Waals surface area (Å²) in [6, 6.07) is 1.84. The Morgan fingerprint density at radius 3 is 2.07 bits per heavy atom. The lowest BCUT2D eigenvalue weighted by atomic mass is 9.90. The van der Waals surface area contributed by atoms with Gasteiger partial charge in [-0.1, -0.05) is 0 Å². The second-order valence-corrected chi connectivity index (χ2v) is 4.77. The first kappa shape index (κ1) is 10.4. The lowest BCUT2D eigenvalue weighted by Crippen LogP contribution is -2.41. The van der Waals surface area contributed by atoms with Crippen molar-refractivity contribution in [2.75, 3.05) is 5.23 Å². The third-order valence-corrected chi connectivity index (χ3v) is 3.05. The van der Waals surface area contributed by atoms with Gasteiger partial charge in [-0.3, -0.25) is 0 Å². The molecule has 0 atom stereocenters. The number of rotatable bonds is 1. The van der Waals surface area contributed by atoms with Crippen molar-refractivity contribution in [2.24, 2.45) is 7.05 Å². The third kappa shape index (κ3) is 1.52. The second-order valence-electron chi connectivity index (χ2n) is 4.77. The Hall–Kier alpha value is -1.07. The molecule has 0 amide bonds. The van der Waals surface area contributed by atoms with Crippen molar-refractivity contribution in [1.29, 1.82) is 0 Å². The highest BCUT2D eigenvalue weighted by atomic mass is 17.0. The Morgan fingerprint density at radius 1 is 1.13 bits per heavy atom. The average molecular weight is 211 g/mol. The van der Waals surface area contributed by atoms with Crippen molar-refractivity contribution in [2.45, 2.75) is 38.9 Å². The van der Waals surface area contributed by atoms with Crippen LogP contribution in [-0.2, 0) is 16.7 Å². The smallest absolute Gasteiger partial charge is 0.181 e. The molecule has 0 aliphatic carbocycles. The molecule has 5 nitrogen and oxygen atoms in total. The van der Waals surface area contributed by atoms with E-state index in [1.54, 1.807) is 10.9 Å². The molecule has 0 N–H and O–H groups in total. The number of aryl methyl sites for hydroxylation is 1. The maximum Gasteiger partial charge on any atom is 0.181 e. The summed E-state index contributed by atoms with van der Waals surface area (Å²) in [5.74, 6) is 0.786. The molecule has 0 unspecified atom stereocenters. The quantitative estimate of drug-likeness (QED) is 0.708. The fourth-order valence-electron chi connectivity index (χ4n) is 1.29. The van der Waals surface area contributed by atoms with E-state index in [9.17, 15) is 0 Å². The van der Waals surface area contributed by atoms with Crippen LogP contribution in [0.5, 0.6) is 0 Å². The molecule has 84 valence electrons. The molecule has 2 heterocycles. The molecule has 0 spiro atoms. The molecule has 1 saturated heterocycles. The predicted molar refractivity (Wildman–Crippen MR) is 56.0 cm³/mol.